The van der Waals surface area contributed by atoms with Crippen molar-refractivity contribution in [3.63, 3.8) is 0 Å². The van der Waals surface area contributed by atoms with Crippen molar-refractivity contribution < 1.29 is 14.3 Å². The molecule has 25 heavy (non-hydrogen) atoms. The predicted octanol–water partition coefficient (Wildman–Crippen LogP) is 3.08. The number of nitrogens with one attached hydrogen (secondary N) is 2. The Kier molecular flexibility index (Phi) is 4.95. The molecule has 0 atom stereocenters. The highest BCUT2D eigenvalue weighted by Gasteiger charge is 2.14. The van der Waals surface area contributed by atoms with E-state index in [9.17, 15) is 9.59 Å². The molecule has 1 aromatic heterocycles. The van der Waals surface area contributed by atoms with Gasteiger partial charge in [-0.3, -0.25) is 20.4 Å². The lowest BCUT2D eigenvalue weighted by Gasteiger charge is -2.10. The summed E-state index contributed by atoms with van der Waals surface area (Å²) in [4.78, 5) is 28.7. The van der Waals surface area contributed by atoms with E-state index in [0.29, 0.717) is 21.3 Å². The van der Waals surface area contributed by atoms with Gasteiger partial charge in [0.1, 0.15) is 11.4 Å². The summed E-state index contributed by atoms with van der Waals surface area (Å²) in [6, 6.07) is 15.9. The molecule has 0 aliphatic heterocycles. The third kappa shape index (κ3) is 3.77. The summed E-state index contributed by atoms with van der Waals surface area (Å²) in [6.45, 7) is 0. The summed E-state index contributed by atoms with van der Waals surface area (Å²) in [5.41, 5.74) is 5.99. The van der Waals surface area contributed by atoms with Crippen molar-refractivity contribution in [3.8, 4) is 5.75 Å². The van der Waals surface area contributed by atoms with Crippen LogP contribution in [0.1, 0.15) is 20.8 Å². The molecule has 0 aliphatic rings. The second kappa shape index (κ2) is 7.31. The molecule has 126 valence electrons. The van der Waals surface area contributed by atoms with Gasteiger partial charge in [0.25, 0.3) is 11.8 Å². The minimum atomic E-state index is -0.502. The number of rotatable bonds is 3. The standard InChI is InChI=1S/C18H14BrN3O3/c1-25-12-7-8-14(19)13(10-12)17(23)21-22-18(24)16-9-6-11-4-2-3-5-15(11)20-16/h2-10H,1H3,(H,21,23)(H,22,24). The fraction of sp³-hybridized carbons (Fsp3) is 0.0556. The number of pyridine rings is 1. The van der Waals surface area contributed by atoms with E-state index >= 15 is 0 Å². The van der Waals surface area contributed by atoms with Crippen LogP contribution in [0.5, 0.6) is 5.75 Å². The number of nitrogens with zero attached hydrogens (tertiary/aromatic N) is 1. The monoisotopic (exact) mass is 399 g/mol. The number of amides is 2. The van der Waals surface area contributed by atoms with Crippen LogP contribution in [-0.4, -0.2) is 23.9 Å². The number of hydrazine groups is 1. The zero-order valence-electron chi connectivity index (χ0n) is 13.2. The lowest BCUT2D eigenvalue weighted by Crippen LogP contribution is -2.42. The fourth-order valence-corrected chi connectivity index (χ4v) is 2.67. The fourth-order valence-electron chi connectivity index (χ4n) is 2.24. The summed E-state index contributed by atoms with van der Waals surface area (Å²) in [6.07, 6.45) is 0. The molecule has 3 rings (SSSR count). The van der Waals surface area contributed by atoms with E-state index in [1.807, 2.05) is 24.3 Å². The quantitative estimate of drug-likeness (QED) is 0.663. The van der Waals surface area contributed by atoms with Crippen LogP contribution in [0.25, 0.3) is 10.9 Å². The number of methoxy groups -OCH3 is 1. The predicted molar refractivity (Wildman–Crippen MR) is 97.4 cm³/mol. The van der Waals surface area contributed by atoms with Crippen molar-refractivity contribution in [2.75, 3.05) is 7.11 Å². The van der Waals surface area contributed by atoms with E-state index in [4.69, 9.17) is 4.74 Å². The summed E-state index contributed by atoms with van der Waals surface area (Å²) < 4.78 is 5.68. The van der Waals surface area contributed by atoms with Gasteiger partial charge in [-0.05, 0) is 46.3 Å². The van der Waals surface area contributed by atoms with E-state index in [1.165, 1.54) is 7.11 Å². The number of hydrogen-bond acceptors (Lipinski definition) is 4. The maximum absolute atomic E-state index is 12.3. The van der Waals surface area contributed by atoms with E-state index in [0.717, 1.165) is 5.39 Å². The van der Waals surface area contributed by atoms with Crippen LogP contribution in [0.15, 0.2) is 59.1 Å². The number of fused-ring (bicyclic) bond motifs is 1. The van der Waals surface area contributed by atoms with Crippen molar-refractivity contribution in [2.24, 2.45) is 0 Å². The zero-order chi connectivity index (χ0) is 17.8. The van der Waals surface area contributed by atoms with E-state index in [1.54, 1.807) is 30.3 Å². The van der Waals surface area contributed by atoms with Gasteiger partial charge in [-0.1, -0.05) is 24.3 Å². The molecule has 1 heterocycles. The third-order valence-corrected chi connectivity index (χ3v) is 4.23. The first-order valence-corrected chi connectivity index (χ1v) is 8.18. The molecule has 0 aliphatic carbocycles. The molecule has 2 amide bonds. The Morgan fingerprint density at radius 1 is 1.00 bits per heavy atom. The smallest absolute Gasteiger partial charge is 0.288 e. The van der Waals surface area contributed by atoms with Crippen LogP contribution in [0, 0.1) is 0 Å². The maximum atomic E-state index is 12.3. The molecule has 0 saturated heterocycles. The second-order valence-corrected chi connectivity index (χ2v) is 6.00. The lowest BCUT2D eigenvalue weighted by molar-refractivity contribution is 0.0843. The van der Waals surface area contributed by atoms with Crippen molar-refractivity contribution in [2.45, 2.75) is 0 Å². The number of para-hydroxylation sites is 1. The highest BCUT2D eigenvalue weighted by atomic mass is 79.9. The molecule has 3 aromatic rings. The lowest BCUT2D eigenvalue weighted by atomic mass is 10.2. The number of carbonyl (C=O) groups is 2. The topological polar surface area (TPSA) is 80.3 Å². The summed E-state index contributed by atoms with van der Waals surface area (Å²) in [5.74, 6) is -0.436. The van der Waals surface area contributed by atoms with Gasteiger partial charge in [0.05, 0.1) is 18.2 Å². The van der Waals surface area contributed by atoms with Crippen LogP contribution in [0.2, 0.25) is 0 Å². The maximum Gasteiger partial charge on any atom is 0.288 e. The van der Waals surface area contributed by atoms with Crippen molar-refractivity contribution >= 4 is 38.6 Å². The molecule has 2 aromatic carbocycles. The number of aromatic nitrogens is 1. The van der Waals surface area contributed by atoms with Crippen molar-refractivity contribution in [1.82, 2.24) is 15.8 Å². The van der Waals surface area contributed by atoms with Gasteiger partial charge < -0.3 is 4.74 Å². The van der Waals surface area contributed by atoms with Gasteiger partial charge in [0, 0.05) is 9.86 Å². The molecule has 0 saturated carbocycles. The molecular weight excluding hydrogens is 386 g/mol. The number of benzene rings is 2. The highest BCUT2D eigenvalue weighted by Crippen LogP contribution is 2.22. The first-order chi connectivity index (χ1) is 12.1. The van der Waals surface area contributed by atoms with Crippen LogP contribution >= 0.6 is 15.9 Å². The molecule has 0 radical (unpaired) electrons. The van der Waals surface area contributed by atoms with Gasteiger partial charge in [-0.2, -0.15) is 0 Å². The van der Waals surface area contributed by atoms with E-state index < -0.39 is 11.8 Å². The number of ether oxygens (including phenoxy) is 1. The number of halogens is 1. The Balaban J connectivity index is 1.71. The van der Waals surface area contributed by atoms with Gasteiger partial charge in [-0.15, -0.1) is 0 Å². The van der Waals surface area contributed by atoms with Crippen molar-refractivity contribution in [3.05, 3.63) is 70.3 Å². The SMILES string of the molecule is COc1ccc(Br)c(C(=O)NNC(=O)c2ccc3ccccc3n2)c1. The molecule has 0 fully saturated rings. The van der Waals surface area contributed by atoms with Gasteiger partial charge in [0.15, 0.2) is 0 Å². The Morgan fingerprint density at radius 3 is 2.56 bits per heavy atom. The second-order valence-electron chi connectivity index (χ2n) is 5.14. The molecule has 7 heteroatoms. The van der Waals surface area contributed by atoms with Gasteiger partial charge >= 0.3 is 0 Å². The number of carbonyl (C=O) groups excluding carboxylic acids is 2. The van der Waals surface area contributed by atoms with Crippen LogP contribution < -0.4 is 15.6 Å². The zero-order valence-corrected chi connectivity index (χ0v) is 14.8. The van der Waals surface area contributed by atoms with Crippen LogP contribution in [0.3, 0.4) is 0 Å². The Bertz CT molecular complexity index is 959. The number of hydrogen-bond donors (Lipinski definition) is 2. The summed E-state index contributed by atoms with van der Waals surface area (Å²) >= 11 is 3.30. The van der Waals surface area contributed by atoms with E-state index in [2.05, 4.69) is 31.8 Å². The van der Waals surface area contributed by atoms with Gasteiger partial charge in [0.2, 0.25) is 0 Å². The van der Waals surface area contributed by atoms with Gasteiger partial charge in [-0.25, -0.2) is 4.98 Å². The largest absolute Gasteiger partial charge is 0.497 e. The molecule has 6 nitrogen and oxygen atoms in total. The highest BCUT2D eigenvalue weighted by molar-refractivity contribution is 9.10. The van der Waals surface area contributed by atoms with Crippen LogP contribution in [0.4, 0.5) is 0 Å². The summed E-state index contributed by atoms with van der Waals surface area (Å²) in [5, 5.41) is 0.934. The third-order valence-electron chi connectivity index (χ3n) is 3.54. The Labute approximate surface area is 152 Å². The van der Waals surface area contributed by atoms with Crippen molar-refractivity contribution in [1.29, 1.82) is 0 Å². The molecular formula is C18H14BrN3O3. The van der Waals surface area contributed by atoms with E-state index in [-0.39, 0.29) is 5.69 Å². The molecule has 0 spiro atoms. The minimum absolute atomic E-state index is 0.212. The van der Waals surface area contributed by atoms with Crippen LogP contribution in [-0.2, 0) is 0 Å². The minimum Gasteiger partial charge on any atom is -0.497 e. The first-order valence-electron chi connectivity index (χ1n) is 7.38. The average Bonchev–Trinajstić information content (AvgIpc) is 2.65. The Hall–Kier alpha value is -2.93. The molecule has 0 bridgehead atoms. The first kappa shape index (κ1) is 16.9. The summed E-state index contributed by atoms with van der Waals surface area (Å²) in [7, 11) is 1.51. The Morgan fingerprint density at radius 2 is 1.76 bits per heavy atom. The average molecular weight is 400 g/mol. The molecule has 0 unspecified atom stereocenters. The normalized spacial score (nSPS) is 10.3. The molecule has 2 N–H and O–H groups in total.